The Kier molecular flexibility index (Phi) is 3.08. The molecule has 2 amide bonds. The van der Waals surface area contributed by atoms with Gasteiger partial charge in [-0.05, 0) is 6.42 Å². The van der Waals surface area contributed by atoms with Crippen LogP contribution in [0.2, 0.25) is 0 Å². The van der Waals surface area contributed by atoms with E-state index < -0.39 is 0 Å². The summed E-state index contributed by atoms with van der Waals surface area (Å²) in [7, 11) is 0. The zero-order valence-corrected chi connectivity index (χ0v) is 8.64. The van der Waals surface area contributed by atoms with E-state index in [1.165, 1.54) is 0 Å². The average Bonchev–Trinajstić information content (AvgIpc) is 2.88. The molecule has 0 atom stereocenters. The second-order valence-corrected chi connectivity index (χ2v) is 3.52. The lowest BCUT2D eigenvalue weighted by Crippen LogP contribution is -2.37. The van der Waals surface area contributed by atoms with Crippen LogP contribution in [-0.4, -0.2) is 50.4 Å². The molecule has 8 nitrogen and oxygen atoms in total. The molecule has 2 rings (SSSR count). The van der Waals surface area contributed by atoms with Gasteiger partial charge in [0.2, 0.25) is 11.8 Å². The average molecular weight is 224 g/mol. The molecule has 0 bridgehead atoms. The van der Waals surface area contributed by atoms with Gasteiger partial charge in [0.05, 0.1) is 13.1 Å². The third kappa shape index (κ3) is 2.53. The number of amides is 2. The zero-order valence-electron chi connectivity index (χ0n) is 8.64. The molecule has 86 valence electrons. The normalized spacial score (nSPS) is 15.5. The predicted octanol–water partition coefficient (Wildman–Crippen LogP) is -1.56. The molecule has 0 aliphatic carbocycles. The van der Waals surface area contributed by atoms with Crippen LogP contribution in [0.3, 0.4) is 0 Å². The van der Waals surface area contributed by atoms with Crippen molar-refractivity contribution in [1.29, 1.82) is 0 Å². The van der Waals surface area contributed by atoms with Crippen molar-refractivity contribution in [3.63, 3.8) is 0 Å². The first kappa shape index (κ1) is 10.5. The fraction of sp³-hybridized carbons (Fsp3) is 0.625. The summed E-state index contributed by atoms with van der Waals surface area (Å²) in [5.41, 5.74) is 0. The molecule has 0 spiro atoms. The van der Waals surface area contributed by atoms with Crippen molar-refractivity contribution in [2.24, 2.45) is 0 Å². The first-order chi connectivity index (χ1) is 7.75. The van der Waals surface area contributed by atoms with Crippen molar-refractivity contribution in [3.8, 4) is 0 Å². The van der Waals surface area contributed by atoms with E-state index in [0.717, 1.165) is 6.42 Å². The first-order valence-corrected chi connectivity index (χ1v) is 5.02. The number of carbonyl (C=O) groups excluding carboxylic acids is 2. The van der Waals surface area contributed by atoms with Crippen molar-refractivity contribution >= 4 is 11.8 Å². The van der Waals surface area contributed by atoms with Gasteiger partial charge < -0.3 is 10.2 Å². The van der Waals surface area contributed by atoms with Crippen LogP contribution in [0.1, 0.15) is 18.7 Å². The SMILES string of the molecule is O=C(CN1CCCC1=O)NCc1nn[nH]n1. The first-order valence-electron chi connectivity index (χ1n) is 5.02. The number of nitrogens with one attached hydrogen (secondary N) is 2. The predicted molar refractivity (Wildman–Crippen MR) is 51.8 cm³/mol. The third-order valence-corrected chi connectivity index (χ3v) is 2.34. The maximum atomic E-state index is 11.4. The fourth-order valence-corrected chi connectivity index (χ4v) is 1.54. The second-order valence-electron chi connectivity index (χ2n) is 3.52. The monoisotopic (exact) mass is 224 g/mol. The number of hydrogen-bond acceptors (Lipinski definition) is 5. The Hall–Kier alpha value is -1.99. The summed E-state index contributed by atoms with van der Waals surface area (Å²) in [6.07, 6.45) is 1.37. The number of aromatic nitrogens is 4. The van der Waals surface area contributed by atoms with Crippen LogP contribution in [0.5, 0.6) is 0 Å². The highest BCUT2D eigenvalue weighted by molar-refractivity contribution is 5.85. The van der Waals surface area contributed by atoms with E-state index >= 15 is 0 Å². The van der Waals surface area contributed by atoms with Gasteiger partial charge in [0, 0.05) is 13.0 Å². The molecular weight excluding hydrogens is 212 g/mol. The van der Waals surface area contributed by atoms with Crippen LogP contribution in [-0.2, 0) is 16.1 Å². The Bertz CT molecular complexity index is 376. The van der Waals surface area contributed by atoms with E-state index in [9.17, 15) is 9.59 Å². The van der Waals surface area contributed by atoms with Crippen LogP contribution in [0.15, 0.2) is 0 Å². The van der Waals surface area contributed by atoms with E-state index in [1.54, 1.807) is 4.90 Å². The number of aromatic amines is 1. The Morgan fingerprint density at radius 1 is 1.56 bits per heavy atom. The molecule has 0 unspecified atom stereocenters. The van der Waals surface area contributed by atoms with E-state index in [-0.39, 0.29) is 24.9 Å². The van der Waals surface area contributed by atoms with Gasteiger partial charge in [0.1, 0.15) is 0 Å². The summed E-state index contributed by atoms with van der Waals surface area (Å²) >= 11 is 0. The van der Waals surface area contributed by atoms with Gasteiger partial charge in [-0.1, -0.05) is 5.21 Å². The summed E-state index contributed by atoms with van der Waals surface area (Å²) in [4.78, 5) is 24.2. The van der Waals surface area contributed by atoms with E-state index in [0.29, 0.717) is 18.8 Å². The molecule has 16 heavy (non-hydrogen) atoms. The number of carbonyl (C=O) groups is 2. The second kappa shape index (κ2) is 4.69. The van der Waals surface area contributed by atoms with Gasteiger partial charge in [-0.25, -0.2) is 0 Å². The van der Waals surface area contributed by atoms with Crippen LogP contribution in [0, 0.1) is 0 Å². The summed E-state index contributed by atoms with van der Waals surface area (Å²) in [5, 5.41) is 15.7. The highest BCUT2D eigenvalue weighted by Gasteiger charge is 2.22. The van der Waals surface area contributed by atoms with Crippen LogP contribution in [0.4, 0.5) is 0 Å². The number of H-pyrrole nitrogens is 1. The van der Waals surface area contributed by atoms with Crippen molar-refractivity contribution in [2.75, 3.05) is 13.1 Å². The van der Waals surface area contributed by atoms with Crippen LogP contribution in [0.25, 0.3) is 0 Å². The smallest absolute Gasteiger partial charge is 0.240 e. The minimum atomic E-state index is -0.208. The van der Waals surface area contributed by atoms with Crippen LogP contribution < -0.4 is 5.32 Å². The molecule has 1 saturated heterocycles. The Labute approximate surface area is 91.4 Å². The maximum Gasteiger partial charge on any atom is 0.240 e. The largest absolute Gasteiger partial charge is 0.347 e. The van der Waals surface area contributed by atoms with Crippen LogP contribution >= 0.6 is 0 Å². The minimum Gasteiger partial charge on any atom is -0.347 e. The zero-order chi connectivity index (χ0) is 11.4. The van der Waals surface area contributed by atoms with Gasteiger partial charge >= 0.3 is 0 Å². The minimum absolute atomic E-state index is 0.0368. The molecule has 1 aliphatic heterocycles. The Morgan fingerprint density at radius 2 is 2.44 bits per heavy atom. The highest BCUT2D eigenvalue weighted by atomic mass is 16.2. The number of rotatable bonds is 4. The molecule has 8 heteroatoms. The molecule has 1 aromatic heterocycles. The molecule has 0 saturated carbocycles. The lowest BCUT2D eigenvalue weighted by molar-refractivity contribution is -0.133. The molecule has 2 heterocycles. The summed E-state index contributed by atoms with van der Waals surface area (Å²) in [6, 6.07) is 0. The molecule has 2 N–H and O–H groups in total. The number of likely N-dealkylation sites (tertiary alicyclic amines) is 1. The molecule has 0 radical (unpaired) electrons. The lowest BCUT2D eigenvalue weighted by atomic mass is 10.4. The quantitative estimate of drug-likeness (QED) is 0.643. The van der Waals surface area contributed by atoms with E-state index in [1.807, 2.05) is 0 Å². The van der Waals surface area contributed by atoms with Crippen molar-refractivity contribution in [1.82, 2.24) is 30.8 Å². The van der Waals surface area contributed by atoms with Gasteiger partial charge in [0.15, 0.2) is 5.82 Å². The van der Waals surface area contributed by atoms with Crippen molar-refractivity contribution in [2.45, 2.75) is 19.4 Å². The van der Waals surface area contributed by atoms with Gasteiger partial charge in [-0.15, -0.1) is 10.2 Å². The summed E-state index contributed by atoms with van der Waals surface area (Å²) < 4.78 is 0. The summed E-state index contributed by atoms with van der Waals surface area (Å²) in [6.45, 7) is 0.989. The summed E-state index contributed by atoms with van der Waals surface area (Å²) in [5.74, 6) is 0.246. The Morgan fingerprint density at radius 3 is 3.06 bits per heavy atom. The molecule has 1 aliphatic rings. The maximum absolute atomic E-state index is 11.4. The van der Waals surface area contributed by atoms with Crippen molar-refractivity contribution in [3.05, 3.63) is 5.82 Å². The Balaban J connectivity index is 1.74. The molecule has 0 aromatic carbocycles. The lowest BCUT2D eigenvalue weighted by Gasteiger charge is -2.14. The topological polar surface area (TPSA) is 104 Å². The standard InChI is InChI=1S/C8H12N6O2/c15-7(5-14-3-1-2-8(14)16)9-4-6-10-12-13-11-6/h1-5H2,(H,9,15)(H,10,11,12,13). The molecular formula is C8H12N6O2. The van der Waals surface area contributed by atoms with Crippen molar-refractivity contribution < 1.29 is 9.59 Å². The highest BCUT2D eigenvalue weighted by Crippen LogP contribution is 2.08. The van der Waals surface area contributed by atoms with E-state index in [4.69, 9.17) is 0 Å². The van der Waals surface area contributed by atoms with Gasteiger partial charge in [0.25, 0.3) is 0 Å². The molecule has 1 fully saturated rings. The number of nitrogens with zero attached hydrogens (tertiary/aromatic N) is 4. The number of tetrazole rings is 1. The fourth-order valence-electron chi connectivity index (χ4n) is 1.54. The van der Waals surface area contributed by atoms with Gasteiger partial charge in [-0.3, -0.25) is 9.59 Å². The molecule has 1 aromatic rings. The van der Waals surface area contributed by atoms with Gasteiger partial charge in [-0.2, -0.15) is 5.21 Å². The van der Waals surface area contributed by atoms with E-state index in [2.05, 4.69) is 25.9 Å². The third-order valence-electron chi connectivity index (χ3n) is 2.34. The number of hydrogen-bond donors (Lipinski definition) is 2.